The summed E-state index contributed by atoms with van der Waals surface area (Å²) in [6, 6.07) is 0.662. The lowest BCUT2D eigenvalue weighted by atomic mass is 10.0. The molecule has 0 saturated carbocycles. The highest BCUT2D eigenvalue weighted by atomic mass is 127. The zero-order chi connectivity index (χ0) is 7.47. The summed E-state index contributed by atoms with van der Waals surface area (Å²) in [6.45, 7) is 2.99. The van der Waals surface area contributed by atoms with Crippen LogP contribution in [0.25, 0.3) is 0 Å². The van der Waals surface area contributed by atoms with Gasteiger partial charge in [-0.15, -0.1) is 0 Å². The average Bonchev–Trinajstić information content (AvgIpc) is 2.54. The second-order valence-corrected chi connectivity index (χ2v) is 4.10. The Balaban J connectivity index is 0.000000563. The van der Waals surface area contributed by atoms with E-state index in [4.69, 9.17) is 9.57 Å². The predicted molar refractivity (Wildman–Crippen MR) is 38.6 cm³/mol. The van der Waals surface area contributed by atoms with Crippen LogP contribution in [0.1, 0.15) is 6.42 Å². The van der Waals surface area contributed by atoms with Gasteiger partial charge in [0.15, 0.2) is 6.04 Å². The van der Waals surface area contributed by atoms with Crippen molar-refractivity contribution in [2.75, 3.05) is 26.8 Å². The van der Waals surface area contributed by atoms with E-state index in [2.05, 4.69) is 7.05 Å². The first kappa shape index (κ1) is 9.18. The van der Waals surface area contributed by atoms with Crippen LogP contribution in [0.3, 0.4) is 0 Å². The van der Waals surface area contributed by atoms with Crippen LogP contribution in [0.15, 0.2) is 0 Å². The van der Waals surface area contributed by atoms with Crippen LogP contribution in [0, 0.1) is 5.92 Å². The van der Waals surface area contributed by atoms with Crippen molar-refractivity contribution in [2.45, 2.75) is 18.6 Å². The molecule has 0 amide bonds. The van der Waals surface area contributed by atoms with Crippen LogP contribution < -0.4 is 24.0 Å². The molecular formula is C8H14INO2. The highest BCUT2D eigenvalue weighted by Crippen LogP contribution is 2.42. The molecule has 0 aromatic heterocycles. The fourth-order valence-corrected chi connectivity index (χ4v) is 2.90. The van der Waals surface area contributed by atoms with Crippen LogP contribution >= 0.6 is 0 Å². The standard InChI is InChI=1S/C8H14NO2.HI/c1-9-3-2-7-8(9)6(4-10-7)5-11-9;/h6-8H,2-5H2,1H3;1H/q+1;/p-1/t6-,7+,8+,9?;/m1./s1. The van der Waals surface area contributed by atoms with Crippen molar-refractivity contribution in [3.8, 4) is 0 Å². The minimum absolute atomic E-state index is 0. The Morgan fingerprint density at radius 2 is 2.17 bits per heavy atom. The molecule has 0 aromatic carbocycles. The summed E-state index contributed by atoms with van der Waals surface area (Å²) in [5.74, 6) is 0.687. The van der Waals surface area contributed by atoms with Gasteiger partial charge in [0.05, 0.1) is 19.6 Å². The summed E-state index contributed by atoms with van der Waals surface area (Å²) in [5.41, 5.74) is 0. The SMILES string of the molecule is C[N+]12CC[C@@H]3OC[C@H](CO1)[C@@H]32.[I-]. The zero-order valence-corrected chi connectivity index (χ0v) is 9.36. The van der Waals surface area contributed by atoms with E-state index >= 15 is 0 Å². The Hall–Kier alpha value is 0.610. The van der Waals surface area contributed by atoms with Crippen molar-refractivity contribution in [2.24, 2.45) is 5.92 Å². The molecule has 0 radical (unpaired) electrons. The second kappa shape index (κ2) is 2.80. The topological polar surface area (TPSA) is 18.5 Å². The molecule has 3 heterocycles. The Morgan fingerprint density at radius 3 is 3.00 bits per heavy atom. The molecule has 0 aliphatic carbocycles. The molecule has 4 heteroatoms. The van der Waals surface area contributed by atoms with E-state index in [9.17, 15) is 0 Å². The minimum Gasteiger partial charge on any atom is -1.00 e. The van der Waals surface area contributed by atoms with Crippen molar-refractivity contribution < 1.29 is 38.2 Å². The van der Waals surface area contributed by atoms with E-state index in [1.807, 2.05) is 0 Å². The number of hydrogen-bond donors (Lipinski definition) is 0. The quantitative estimate of drug-likeness (QED) is 0.352. The van der Waals surface area contributed by atoms with Gasteiger partial charge in [0, 0.05) is 6.42 Å². The average molecular weight is 283 g/mol. The third-order valence-corrected chi connectivity index (χ3v) is 3.46. The summed E-state index contributed by atoms with van der Waals surface area (Å²) >= 11 is 0. The van der Waals surface area contributed by atoms with Crippen molar-refractivity contribution >= 4 is 0 Å². The molecule has 70 valence electrons. The van der Waals surface area contributed by atoms with Crippen LogP contribution in [0.4, 0.5) is 0 Å². The van der Waals surface area contributed by atoms with Crippen LogP contribution in [-0.4, -0.2) is 43.6 Å². The normalized spacial score (nSPS) is 55.2. The molecule has 3 nitrogen and oxygen atoms in total. The van der Waals surface area contributed by atoms with Crippen molar-refractivity contribution in [1.29, 1.82) is 0 Å². The van der Waals surface area contributed by atoms with Gasteiger partial charge < -0.3 is 28.7 Å². The van der Waals surface area contributed by atoms with Crippen LogP contribution in [-0.2, 0) is 9.57 Å². The molecule has 4 atom stereocenters. The van der Waals surface area contributed by atoms with Gasteiger partial charge in [0.25, 0.3) is 0 Å². The zero-order valence-electron chi connectivity index (χ0n) is 7.20. The molecule has 0 bridgehead atoms. The number of quaternary nitrogens is 1. The minimum atomic E-state index is 0. The molecule has 12 heavy (non-hydrogen) atoms. The lowest BCUT2D eigenvalue weighted by Gasteiger charge is -2.25. The number of hydroxylamine groups is 3. The van der Waals surface area contributed by atoms with E-state index in [0.29, 0.717) is 18.1 Å². The fraction of sp³-hybridized carbons (Fsp3) is 1.00. The Labute approximate surface area is 89.6 Å². The molecule has 3 aliphatic heterocycles. The predicted octanol–water partition coefficient (Wildman–Crippen LogP) is -2.83. The molecule has 3 aliphatic rings. The summed E-state index contributed by atoms with van der Waals surface area (Å²) < 4.78 is 6.51. The Kier molecular flexibility index (Phi) is 2.14. The van der Waals surface area contributed by atoms with Gasteiger partial charge in [-0.25, -0.2) is 4.84 Å². The first-order valence-electron chi connectivity index (χ1n) is 4.41. The molecule has 0 spiro atoms. The molecule has 0 N–H and O–H groups in total. The molecule has 0 aromatic rings. The maximum absolute atomic E-state index is 5.76. The molecule has 3 rings (SSSR count). The van der Waals surface area contributed by atoms with Gasteiger partial charge >= 0.3 is 0 Å². The summed E-state index contributed by atoms with van der Waals surface area (Å²) in [6.07, 6.45) is 1.70. The highest BCUT2D eigenvalue weighted by molar-refractivity contribution is 4.90. The van der Waals surface area contributed by atoms with E-state index in [0.717, 1.165) is 24.4 Å². The number of ether oxygens (including phenoxy) is 1. The Morgan fingerprint density at radius 1 is 1.33 bits per heavy atom. The van der Waals surface area contributed by atoms with E-state index in [1.165, 1.54) is 6.42 Å². The number of halogens is 1. The van der Waals surface area contributed by atoms with Crippen LogP contribution in [0.5, 0.6) is 0 Å². The van der Waals surface area contributed by atoms with E-state index in [-0.39, 0.29) is 24.0 Å². The van der Waals surface area contributed by atoms with Gasteiger partial charge in [0.2, 0.25) is 0 Å². The number of likely N-dealkylation sites (N-methyl/N-ethyl adjacent to an activating group) is 1. The Bertz CT molecular complexity index is 183. The van der Waals surface area contributed by atoms with E-state index < -0.39 is 0 Å². The van der Waals surface area contributed by atoms with Crippen molar-refractivity contribution in [3.05, 3.63) is 0 Å². The largest absolute Gasteiger partial charge is 1.00 e. The molecule has 3 fully saturated rings. The van der Waals surface area contributed by atoms with E-state index in [1.54, 1.807) is 0 Å². The van der Waals surface area contributed by atoms with Gasteiger partial charge in [-0.3, -0.25) is 0 Å². The van der Waals surface area contributed by atoms with Gasteiger partial charge in [-0.05, 0) is 0 Å². The third kappa shape index (κ3) is 0.981. The highest BCUT2D eigenvalue weighted by Gasteiger charge is 2.60. The smallest absolute Gasteiger partial charge is 0.153 e. The molecule has 3 saturated heterocycles. The molecule has 1 unspecified atom stereocenters. The first-order valence-corrected chi connectivity index (χ1v) is 4.41. The van der Waals surface area contributed by atoms with Crippen molar-refractivity contribution in [1.82, 2.24) is 0 Å². The van der Waals surface area contributed by atoms with Gasteiger partial charge in [0.1, 0.15) is 19.3 Å². The number of rotatable bonds is 0. The molecular weight excluding hydrogens is 269 g/mol. The number of nitrogens with zero attached hydrogens (tertiary/aromatic N) is 1. The lowest BCUT2D eigenvalue weighted by Crippen LogP contribution is -3.00. The number of hydrogen-bond acceptors (Lipinski definition) is 2. The third-order valence-electron chi connectivity index (χ3n) is 3.46. The maximum Gasteiger partial charge on any atom is 0.153 e. The van der Waals surface area contributed by atoms with Gasteiger partial charge in [-0.1, -0.05) is 0 Å². The fourth-order valence-electron chi connectivity index (χ4n) is 2.90. The second-order valence-electron chi connectivity index (χ2n) is 4.10. The summed E-state index contributed by atoms with van der Waals surface area (Å²) in [4.78, 5) is 5.76. The monoisotopic (exact) mass is 283 g/mol. The van der Waals surface area contributed by atoms with Crippen molar-refractivity contribution in [3.63, 3.8) is 0 Å². The maximum atomic E-state index is 5.76. The van der Waals surface area contributed by atoms with Gasteiger partial charge in [-0.2, -0.15) is 4.65 Å². The van der Waals surface area contributed by atoms with Crippen LogP contribution in [0.2, 0.25) is 0 Å². The summed E-state index contributed by atoms with van der Waals surface area (Å²) in [7, 11) is 2.19. The summed E-state index contributed by atoms with van der Waals surface area (Å²) in [5, 5.41) is 0. The first-order chi connectivity index (χ1) is 5.30. The lowest BCUT2D eigenvalue weighted by molar-refractivity contribution is -1.08.